The van der Waals surface area contributed by atoms with Gasteiger partial charge in [-0.25, -0.2) is 4.39 Å². The van der Waals surface area contributed by atoms with Crippen LogP contribution >= 0.6 is 0 Å². The van der Waals surface area contributed by atoms with E-state index >= 15 is 0 Å². The van der Waals surface area contributed by atoms with Crippen molar-refractivity contribution in [3.05, 3.63) is 47.0 Å². The minimum Gasteiger partial charge on any atom is -0.323 e. The molecule has 128 valence electrons. The number of aromatic nitrogens is 2. The third-order valence-corrected chi connectivity index (χ3v) is 4.85. The summed E-state index contributed by atoms with van der Waals surface area (Å²) < 4.78 is 14.9. The Hall–Kier alpha value is -2.17. The van der Waals surface area contributed by atoms with Gasteiger partial charge < -0.3 is 5.32 Å². The van der Waals surface area contributed by atoms with Crippen LogP contribution in [0.1, 0.15) is 49.1 Å². The summed E-state index contributed by atoms with van der Waals surface area (Å²) in [7, 11) is 0. The quantitative estimate of drug-likeness (QED) is 0.913. The van der Waals surface area contributed by atoms with Gasteiger partial charge >= 0.3 is 0 Å². The number of carbonyl (C=O) groups excluding carboxylic acids is 1. The van der Waals surface area contributed by atoms with Crippen LogP contribution in [0, 0.1) is 25.6 Å². The summed E-state index contributed by atoms with van der Waals surface area (Å²) in [5, 5.41) is 7.62. The zero-order valence-electron chi connectivity index (χ0n) is 14.3. The highest BCUT2D eigenvalue weighted by Gasteiger charge is 2.23. The fourth-order valence-electron chi connectivity index (χ4n) is 3.38. The van der Waals surface area contributed by atoms with Crippen LogP contribution in [0.5, 0.6) is 0 Å². The van der Waals surface area contributed by atoms with E-state index in [0.29, 0.717) is 6.54 Å². The van der Waals surface area contributed by atoms with Crippen LogP contribution in [0.25, 0.3) is 0 Å². The predicted octanol–water partition coefficient (Wildman–Crippen LogP) is 4.21. The van der Waals surface area contributed by atoms with E-state index in [1.807, 2.05) is 18.5 Å². The lowest BCUT2D eigenvalue weighted by Gasteiger charge is -2.20. The molecular weight excluding hydrogens is 305 g/mol. The number of rotatable bonds is 4. The van der Waals surface area contributed by atoms with E-state index in [4.69, 9.17) is 0 Å². The number of nitrogens with zero attached hydrogens (tertiary/aromatic N) is 2. The van der Waals surface area contributed by atoms with Gasteiger partial charge in [-0.05, 0) is 44.4 Å². The molecule has 1 aromatic heterocycles. The SMILES string of the molecule is Cc1nn(Cc2ccc(F)cc2)c(C)c1NC(=O)C1CCCCC1. The molecule has 0 spiro atoms. The number of carbonyl (C=O) groups is 1. The Bertz CT molecular complexity index is 715. The zero-order chi connectivity index (χ0) is 17.1. The fourth-order valence-corrected chi connectivity index (χ4v) is 3.38. The maximum Gasteiger partial charge on any atom is 0.227 e. The molecule has 1 saturated carbocycles. The first-order valence-corrected chi connectivity index (χ1v) is 8.64. The fraction of sp³-hybridized carbons (Fsp3) is 0.474. The molecule has 1 aromatic carbocycles. The second kappa shape index (κ2) is 7.16. The highest BCUT2D eigenvalue weighted by atomic mass is 19.1. The summed E-state index contributed by atoms with van der Waals surface area (Å²) >= 11 is 0. The summed E-state index contributed by atoms with van der Waals surface area (Å²) in [5.41, 5.74) is 3.54. The van der Waals surface area contributed by atoms with Crippen LogP contribution in [0.3, 0.4) is 0 Å². The smallest absolute Gasteiger partial charge is 0.227 e. The molecule has 0 unspecified atom stereocenters. The Labute approximate surface area is 142 Å². The summed E-state index contributed by atoms with van der Waals surface area (Å²) in [5.74, 6) is -0.00668. The van der Waals surface area contributed by atoms with Gasteiger partial charge in [0.05, 0.1) is 23.6 Å². The lowest BCUT2D eigenvalue weighted by atomic mass is 9.88. The van der Waals surface area contributed by atoms with Crippen molar-refractivity contribution in [2.75, 3.05) is 5.32 Å². The van der Waals surface area contributed by atoms with Crippen molar-refractivity contribution in [3.8, 4) is 0 Å². The maximum atomic E-state index is 13.0. The standard InChI is InChI=1S/C19H24FN3O/c1-13-18(21-19(24)16-6-4-3-5-7-16)14(2)23(22-13)12-15-8-10-17(20)11-9-15/h8-11,16H,3-7,12H2,1-2H3,(H,21,24). The first-order valence-electron chi connectivity index (χ1n) is 8.64. The van der Waals surface area contributed by atoms with Gasteiger partial charge in [0.2, 0.25) is 5.91 Å². The van der Waals surface area contributed by atoms with Gasteiger partial charge in [0.25, 0.3) is 0 Å². The predicted molar refractivity (Wildman–Crippen MR) is 92.4 cm³/mol. The maximum absolute atomic E-state index is 13.0. The number of anilines is 1. The van der Waals surface area contributed by atoms with Gasteiger partial charge in [0.15, 0.2) is 0 Å². The van der Waals surface area contributed by atoms with Crippen LogP contribution in [0.4, 0.5) is 10.1 Å². The van der Waals surface area contributed by atoms with Crippen molar-refractivity contribution in [2.45, 2.75) is 52.5 Å². The van der Waals surface area contributed by atoms with E-state index in [1.54, 1.807) is 12.1 Å². The van der Waals surface area contributed by atoms with Crippen molar-refractivity contribution in [3.63, 3.8) is 0 Å². The number of benzene rings is 1. The van der Waals surface area contributed by atoms with Crippen molar-refractivity contribution in [1.29, 1.82) is 0 Å². The van der Waals surface area contributed by atoms with E-state index in [0.717, 1.165) is 48.3 Å². The highest BCUT2D eigenvalue weighted by Crippen LogP contribution is 2.27. The average Bonchev–Trinajstić information content (AvgIpc) is 2.85. The first kappa shape index (κ1) is 16.7. The van der Waals surface area contributed by atoms with Gasteiger partial charge in [-0.2, -0.15) is 5.10 Å². The normalized spacial score (nSPS) is 15.5. The van der Waals surface area contributed by atoms with Gasteiger partial charge in [-0.15, -0.1) is 0 Å². The first-order chi connectivity index (χ1) is 11.5. The molecule has 2 aromatic rings. The lowest BCUT2D eigenvalue weighted by Crippen LogP contribution is -2.25. The molecule has 1 aliphatic rings. The van der Waals surface area contributed by atoms with E-state index in [1.165, 1.54) is 18.6 Å². The third-order valence-electron chi connectivity index (χ3n) is 4.85. The van der Waals surface area contributed by atoms with Crippen molar-refractivity contribution >= 4 is 11.6 Å². The molecule has 0 saturated heterocycles. The molecule has 5 heteroatoms. The summed E-state index contributed by atoms with van der Waals surface area (Å²) in [6, 6.07) is 6.41. The van der Waals surface area contributed by atoms with E-state index in [-0.39, 0.29) is 17.6 Å². The molecule has 1 heterocycles. The molecular formula is C19H24FN3O. The van der Waals surface area contributed by atoms with Gasteiger partial charge in [-0.3, -0.25) is 9.48 Å². The second-order valence-electron chi connectivity index (χ2n) is 6.65. The molecule has 1 amide bonds. The molecule has 1 N–H and O–H groups in total. The molecule has 0 bridgehead atoms. The number of aryl methyl sites for hydroxylation is 1. The average molecular weight is 329 g/mol. The van der Waals surface area contributed by atoms with Gasteiger partial charge in [0, 0.05) is 5.92 Å². The summed E-state index contributed by atoms with van der Waals surface area (Å²) in [6.45, 7) is 4.43. The Kier molecular flexibility index (Phi) is 4.97. The van der Waals surface area contributed by atoms with E-state index in [2.05, 4.69) is 10.4 Å². The van der Waals surface area contributed by atoms with Gasteiger partial charge in [-0.1, -0.05) is 31.4 Å². The molecule has 0 radical (unpaired) electrons. The van der Waals surface area contributed by atoms with Crippen molar-refractivity contribution in [2.24, 2.45) is 5.92 Å². The molecule has 4 nitrogen and oxygen atoms in total. The summed E-state index contributed by atoms with van der Waals surface area (Å²) in [6.07, 6.45) is 5.47. The number of hydrogen-bond donors (Lipinski definition) is 1. The van der Waals surface area contributed by atoms with Crippen LogP contribution in [-0.4, -0.2) is 15.7 Å². The minimum absolute atomic E-state index is 0.113. The van der Waals surface area contributed by atoms with Crippen LogP contribution < -0.4 is 5.32 Å². The highest BCUT2D eigenvalue weighted by molar-refractivity contribution is 5.93. The lowest BCUT2D eigenvalue weighted by molar-refractivity contribution is -0.120. The topological polar surface area (TPSA) is 46.9 Å². The van der Waals surface area contributed by atoms with Gasteiger partial charge in [0.1, 0.15) is 5.82 Å². The molecule has 0 atom stereocenters. The second-order valence-corrected chi connectivity index (χ2v) is 6.65. The number of hydrogen-bond acceptors (Lipinski definition) is 2. The van der Waals surface area contributed by atoms with Crippen molar-refractivity contribution < 1.29 is 9.18 Å². The van der Waals surface area contributed by atoms with E-state index < -0.39 is 0 Å². The van der Waals surface area contributed by atoms with Crippen LogP contribution in [-0.2, 0) is 11.3 Å². The monoisotopic (exact) mass is 329 g/mol. The minimum atomic E-state index is -0.243. The number of nitrogens with one attached hydrogen (secondary N) is 1. The largest absolute Gasteiger partial charge is 0.323 e. The van der Waals surface area contributed by atoms with Crippen molar-refractivity contribution in [1.82, 2.24) is 9.78 Å². The number of halogens is 1. The summed E-state index contributed by atoms with van der Waals surface area (Å²) in [4.78, 5) is 12.5. The molecule has 1 fully saturated rings. The van der Waals surface area contributed by atoms with Crippen LogP contribution in [0.15, 0.2) is 24.3 Å². The zero-order valence-corrected chi connectivity index (χ0v) is 14.3. The Balaban J connectivity index is 1.73. The molecule has 24 heavy (non-hydrogen) atoms. The molecule has 1 aliphatic carbocycles. The Morgan fingerprint density at radius 3 is 2.54 bits per heavy atom. The third kappa shape index (κ3) is 3.66. The molecule has 0 aliphatic heterocycles. The molecule has 3 rings (SSSR count). The Morgan fingerprint density at radius 2 is 1.88 bits per heavy atom. The van der Waals surface area contributed by atoms with E-state index in [9.17, 15) is 9.18 Å². The number of amides is 1. The Morgan fingerprint density at radius 1 is 1.21 bits per heavy atom. The van der Waals surface area contributed by atoms with Crippen LogP contribution in [0.2, 0.25) is 0 Å².